The Kier molecular flexibility index (Phi) is 3.50. The van der Waals surface area contributed by atoms with Crippen molar-refractivity contribution in [3.05, 3.63) is 65.4 Å². The second kappa shape index (κ2) is 5.33. The normalized spacial score (nSPS) is 11.3. The summed E-state index contributed by atoms with van der Waals surface area (Å²) in [7, 11) is 0. The van der Waals surface area contributed by atoms with Gasteiger partial charge in [0.05, 0.1) is 5.69 Å². The summed E-state index contributed by atoms with van der Waals surface area (Å²) in [6.45, 7) is 8.72. The average molecular weight is 275 g/mol. The standard InChI is InChI=1S/C20H21N/c1-13(2)19-12-21-20(18-8-6-5-7-17(18)19)16-10-14(3)9-15(4)11-16/h5-13H,1-4H3. The first-order valence-corrected chi connectivity index (χ1v) is 7.52. The van der Waals surface area contributed by atoms with Crippen molar-refractivity contribution in [1.82, 2.24) is 4.98 Å². The van der Waals surface area contributed by atoms with Crippen LogP contribution in [0.25, 0.3) is 22.0 Å². The Balaban J connectivity index is 2.31. The van der Waals surface area contributed by atoms with Gasteiger partial charge in [0.2, 0.25) is 0 Å². The molecule has 0 fully saturated rings. The lowest BCUT2D eigenvalue weighted by Crippen LogP contribution is -1.95. The minimum absolute atomic E-state index is 0.482. The van der Waals surface area contributed by atoms with Crippen molar-refractivity contribution < 1.29 is 0 Å². The zero-order chi connectivity index (χ0) is 15.0. The second-order valence-corrected chi connectivity index (χ2v) is 6.14. The molecule has 0 spiro atoms. The molecule has 0 saturated carbocycles. The van der Waals surface area contributed by atoms with E-state index in [1.54, 1.807) is 0 Å². The van der Waals surface area contributed by atoms with Crippen molar-refractivity contribution in [3.63, 3.8) is 0 Å². The zero-order valence-corrected chi connectivity index (χ0v) is 13.1. The fourth-order valence-corrected chi connectivity index (χ4v) is 3.02. The third-order valence-corrected chi connectivity index (χ3v) is 3.94. The maximum absolute atomic E-state index is 4.78. The molecule has 0 bridgehead atoms. The van der Waals surface area contributed by atoms with E-state index in [2.05, 4.69) is 70.2 Å². The highest BCUT2D eigenvalue weighted by Gasteiger charge is 2.11. The first-order chi connectivity index (χ1) is 10.1. The fraction of sp³-hybridized carbons (Fsp3) is 0.250. The Bertz CT molecular complexity index is 780. The van der Waals surface area contributed by atoms with Crippen molar-refractivity contribution in [2.75, 3.05) is 0 Å². The minimum atomic E-state index is 0.482. The highest BCUT2D eigenvalue weighted by atomic mass is 14.7. The van der Waals surface area contributed by atoms with E-state index in [0.29, 0.717) is 5.92 Å². The summed E-state index contributed by atoms with van der Waals surface area (Å²) in [4.78, 5) is 4.78. The van der Waals surface area contributed by atoms with Gasteiger partial charge in [0.15, 0.2) is 0 Å². The Morgan fingerprint density at radius 3 is 2.10 bits per heavy atom. The summed E-state index contributed by atoms with van der Waals surface area (Å²) in [6.07, 6.45) is 2.04. The number of aryl methyl sites for hydroxylation is 2. The van der Waals surface area contributed by atoms with Crippen molar-refractivity contribution in [2.24, 2.45) is 0 Å². The lowest BCUT2D eigenvalue weighted by Gasteiger charge is -2.13. The quantitative estimate of drug-likeness (QED) is 0.589. The van der Waals surface area contributed by atoms with E-state index in [1.807, 2.05) is 6.20 Å². The van der Waals surface area contributed by atoms with Crippen LogP contribution >= 0.6 is 0 Å². The van der Waals surface area contributed by atoms with Crippen LogP contribution in [0.15, 0.2) is 48.7 Å². The molecule has 21 heavy (non-hydrogen) atoms. The largest absolute Gasteiger partial charge is 0.255 e. The monoisotopic (exact) mass is 275 g/mol. The van der Waals surface area contributed by atoms with E-state index < -0.39 is 0 Å². The molecular weight excluding hydrogens is 254 g/mol. The number of hydrogen-bond acceptors (Lipinski definition) is 1. The summed E-state index contributed by atoms with van der Waals surface area (Å²) in [5.74, 6) is 0.482. The van der Waals surface area contributed by atoms with Gasteiger partial charge in [-0.15, -0.1) is 0 Å². The van der Waals surface area contributed by atoms with Crippen molar-refractivity contribution in [1.29, 1.82) is 0 Å². The number of hydrogen-bond donors (Lipinski definition) is 0. The molecule has 3 aromatic rings. The van der Waals surface area contributed by atoms with Crippen LogP contribution in [0.3, 0.4) is 0 Å². The summed E-state index contributed by atoms with van der Waals surface area (Å²) < 4.78 is 0. The summed E-state index contributed by atoms with van der Waals surface area (Å²) in [6, 6.07) is 15.2. The molecule has 0 atom stereocenters. The Labute approximate surface area is 126 Å². The number of benzene rings is 2. The number of rotatable bonds is 2. The van der Waals surface area contributed by atoms with Gasteiger partial charge in [-0.05, 0) is 42.8 Å². The first-order valence-electron chi connectivity index (χ1n) is 7.52. The van der Waals surface area contributed by atoms with E-state index in [9.17, 15) is 0 Å². The molecule has 0 aliphatic rings. The zero-order valence-electron chi connectivity index (χ0n) is 13.1. The van der Waals surface area contributed by atoms with Crippen LogP contribution in [-0.2, 0) is 0 Å². The molecule has 2 aromatic carbocycles. The van der Waals surface area contributed by atoms with Crippen LogP contribution in [-0.4, -0.2) is 4.98 Å². The molecule has 0 aliphatic carbocycles. The molecule has 0 radical (unpaired) electrons. The molecule has 0 aliphatic heterocycles. The molecule has 1 nitrogen and oxygen atoms in total. The number of pyridine rings is 1. The summed E-state index contributed by atoms with van der Waals surface area (Å²) in [5.41, 5.74) is 6.17. The fourth-order valence-electron chi connectivity index (χ4n) is 3.02. The molecule has 0 amide bonds. The van der Waals surface area contributed by atoms with Gasteiger partial charge in [-0.25, -0.2) is 0 Å². The SMILES string of the molecule is Cc1cc(C)cc(-c2ncc(C(C)C)c3ccccc23)c1. The van der Waals surface area contributed by atoms with Crippen molar-refractivity contribution in [3.8, 4) is 11.3 Å². The maximum Gasteiger partial charge on any atom is 0.0780 e. The molecule has 0 unspecified atom stereocenters. The van der Waals surface area contributed by atoms with Gasteiger partial charge < -0.3 is 0 Å². The molecule has 1 aromatic heterocycles. The Hall–Kier alpha value is -2.15. The molecule has 106 valence electrons. The third kappa shape index (κ3) is 2.56. The van der Waals surface area contributed by atoms with Gasteiger partial charge in [0.1, 0.15) is 0 Å². The average Bonchev–Trinajstić information content (AvgIpc) is 2.44. The Morgan fingerprint density at radius 2 is 1.48 bits per heavy atom. The summed E-state index contributed by atoms with van der Waals surface area (Å²) >= 11 is 0. The molecule has 0 N–H and O–H groups in total. The number of aromatic nitrogens is 1. The van der Waals surface area contributed by atoms with E-state index in [0.717, 1.165) is 5.69 Å². The lowest BCUT2D eigenvalue weighted by molar-refractivity contribution is 0.869. The minimum Gasteiger partial charge on any atom is -0.255 e. The van der Waals surface area contributed by atoms with E-state index in [-0.39, 0.29) is 0 Å². The van der Waals surface area contributed by atoms with Gasteiger partial charge in [0.25, 0.3) is 0 Å². The van der Waals surface area contributed by atoms with Crippen LogP contribution in [0.4, 0.5) is 0 Å². The van der Waals surface area contributed by atoms with Crippen LogP contribution in [0.5, 0.6) is 0 Å². The predicted octanol–water partition coefficient (Wildman–Crippen LogP) is 5.64. The first kappa shape index (κ1) is 13.8. The molecule has 1 heterocycles. The molecule has 3 rings (SSSR count). The number of nitrogens with zero attached hydrogens (tertiary/aromatic N) is 1. The van der Waals surface area contributed by atoms with E-state index in [1.165, 1.54) is 33.0 Å². The van der Waals surface area contributed by atoms with Crippen molar-refractivity contribution >= 4 is 10.8 Å². The van der Waals surface area contributed by atoms with Crippen LogP contribution < -0.4 is 0 Å². The summed E-state index contributed by atoms with van der Waals surface area (Å²) in [5, 5.41) is 2.56. The van der Waals surface area contributed by atoms with Crippen LogP contribution in [0.1, 0.15) is 36.5 Å². The lowest BCUT2D eigenvalue weighted by atomic mass is 9.94. The maximum atomic E-state index is 4.78. The van der Waals surface area contributed by atoms with Gasteiger partial charge in [-0.1, -0.05) is 55.3 Å². The van der Waals surface area contributed by atoms with Crippen LogP contribution in [0, 0.1) is 13.8 Å². The predicted molar refractivity (Wildman–Crippen MR) is 90.7 cm³/mol. The number of fused-ring (bicyclic) bond motifs is 1. The van der Waals surface area contributed by atoms with Gasteiger partial charge in [-0.2, -0.15) is 0 Å². The molecule has 0 saturated heterocycles. The van der Waals surface area contributed by atoms with E-state index >= 15 is 0 Å². The highest BCUT2D eigenvalue weighted by Crippen LogP contribution is 2.32. The van der Waals surface area contributed by atoms with Gasteiger partial charge >= 0.3 is 0 Å². The van der Waals surface area contributed by atoms with Crippen molar-refractivity contribution in [2.45, 2.75) is 33.6 Å². The van der Waals surface area contributed by atoms with Crippen LogP contribution in [0.2, 0.25) is 0 Å². The third-order valence-electron chi connectivity index (χ3n) is 3.94. The molecular formula is C20H21N. The van der Waals surface area contributed by atoms with E-state index in [4.69, 9.17) is 4.98 Å². The van der Waals surface area contributed by atoms with Gasteiger partial charge in [0, 0.05) is 17.1 Å². The Morgan fingerprint density at radius 1 is 0.857 bits per heavy atom. The van der Waals surface area contributed by atoms with Gasteiger partial charge in [-0.3, -0.25) is 4.98 Å². The topological polar surface area (TPSA) is 12.9 Å². The molecule has 1 heteroatoms. The highest BCUT2D eigenvalue weighted by molar-refractivity contribution is 5.96. The second-order valence-electron chi connectivity index (χ2n) is 6.14. The smallest absolute Gasteiger partial charge is 0.0780 e.